The van der Waals surface area contributed by atoms with Gasteiger partial charge in [0.1, 0.15) is 10.6 Å². The van der Waals surface area contributed by atoms with Crippen LogP contribution in [0.1, 0.15) is 31.1 Å². The SMILES string of the molecule is CCOC(=O)c1c(-c2ccc(OC)c(OC)c2)csc1NC(=S)NC(C)C. The third-order valence-corrected chi connectivity index (χ3v) is 4.73. The molecule has 0 aliphatic carbocycles. The van der Waals surface area contributed by atoms with Crippen molar-refractivity contribution in [2.45, 2.75) is 26.8 Å². The molecule has 2 aromatic rings. The first-order chi connectivity index (χ1) is 12.9. The molecule has 0 radical (unpaired) electrons. The first-order valence-corrected chi connectivity index (χ1v) is 9.78. The number of hydrogen-bond donors (Lipinski definition) is 2. The number of rotatable bonds is 7. The van der Waals surface area contributed by atoms with Gasteiger partial charge in [-0.2, -0.15) is 0 Å². The van der Waals surface area contributed by atoms with Crippen LogP contribution < -0.4 is 20.1 Å². The number of methoxy groups -OCH3 is 2. The number of carbonyl (C=O) groups is 1. The van der Waals surface area contributed by atoms with Gasteiger partial charge in [0, 0.05) is 17.0 Å². The predicted molar refractivity (Wildman–Crippen MR) is 113 cm³/mol. The summed E-state index contributed by atoms with van der Waals surface area (Å²) in [5, 5.41) is 9.20. The second kappa shape index (κ2) is 9.57. The van der Waals surface area contributed by atoms with E-state index in [1.165, 1.54) is 11.3 Å². The number of thiophene rings is 1. The minimum Gasteiger partial charge on any atom is -0.493 e. The zero-order chi connectivity index (χ0) is 20.0. The Hall–Kier alpha value is -2.32. The van der Waals surface area contributed by atoms with Gasteiger partial charge in [-0.05, 0) is 50.7 Å². The Morgan fingerprint density at radius 1 is 1.22 bits per heavy atom. The Kier molecular flexibility index (Phi) is 7.44. The van der Waals surface area contributed by atoms with E-state index in [1.807, 2.05) is 31.4 Å². The van der Waals surface area contributed by atoms with Crippen LogP contribution in [0.25, 0.3) is 11.1 Å². The third-order valence-electron chi connectivity index (χ3n) is 3.61. The van der Waals surface area contributed by atoms with E-state index in [0.29, 0.717) is 27.2 Å². The van der Waals surface area contributed by atoms with Crippen molar-refractivity contribution in [1.82, 2.24) is 5.32 Å². The smallest absolute Gasteiger partial charge is 0.341 e. The van der Waals surface area contributed by atoms with Crippen molar-refractivity contribution >= 4 is 39.6 Å². The molecule has 8 heteroatoms. The van der Waals surface area contributed by atoms with Crippen LogP contribution in [0.4, 0.5) is 5.00 Å². The van der Waals surface area contributed by atoms with Crippen LogP contribution in [-0.4, -0.2) is 38.0 Å². The molecule has 1 heterocycles. The second-order valence-corrected chi connectivity index (χ2v) is 7.18. The molecule has 0 aliphatic heterocycles. The molecule has 1 aromatic carbocycles. The molecule has 0 saturated heterocycles. The highest BCUT2D eigenvalue weighted by molar-refractivity contribution is 7.80. The summed E-state index contributed by atoms with van der Waals surface area (Å²) in [6.45, 7) is 6.04. The van der Waals surface area contributed by atoms with Gasteiger partial charge in [-0.3, -0.25) is 0 Å². The summed E-state index contributed by atoms with van der Waals surface area (Å²) < 4.78 is 15.9. The average molecular weight is 409 g/mol. The van der Waals surface area contributed by atoms with Gasteiger partial charge >= 0.3 is 5.97 Å². The Morgan fingerprint density at radius 2 is 1.93 bits per heavy atom. The number of esters is 1. The van der Waals surface area contributed by atoms with Crippen LogP contribution in [0, 0.1) is 0 Å². The maximum Gasteiger partial charge on any atom is 0.341 e. The van der Waals surface area contributed by atoms with Crippen molar-refractivity contribution in [3.63, 3.8) is 0 Å². The number of anilines is 1. The molecule has 0 unspecified atom stereocenters. The number of carbonyl (C=O) groups excluding carboxylic acids is 1. The van der Waals surface area contributed by atoms with Gasteiger partial charge in [-0.25, -0.2) is 4.79 Å². The summed E-state index contributed by atoms with van der Waals surface area (Å²) in [5.41, 5.74) is 2.01. The van der Waals surface area contributed by atoms with Crippen molar-refractivity contribution in [1.29, 1.82) is 0 Å². The van der Waals surface area contributed by atoms with Gasteiger partial charge in [-0.15, -0.1) is 11.3 Å². The van der Waals surface area contributed by atoms with Crippen LogP contribution in [-0.2, 0) is 4.74 Å². The van der Waals surface area contributed by atoms with Gasteiger partial charge in [0.05, 0.1) is 20.8 Å². The minimum absolute atomic E-state index is 0.182. The predicted octanol–water partition coefficient (Wildman–Crippen LogP) is 4.30. The molecule has 146 valence electrons. The number of thiocarbonyl (C=S) groups is 1. The molecule has 0 spiro atoms. The van der Waals surface area contributed by atoms with Crippen molar-refractivity contribution in [2.75, 3.05) is 26.1 Å². The molecule has 1 aromatic heterocycles. The fourth-order valence-electron chi connectivity index (χ4n) is 2.47. The molecule has 0 saturated carbocycles. The molecule has 27 heavy (non-hydrogen) atoms. The van der Waals surface area contributed by atoms with Crippen LogP contribution >= 0.6 is 23.6 Å². The molecule has 2 rings (SSSR count). The summed E-state index contributed by atoms with van der Waals surface area (Å²) >= 11 is 6.71. The van der Waals surface area contributed by atoms with E-state index in [9.17, 15) is 4.79 Å². The van der Waals surface area contributed by atoms with Gasteiger partial charge in [0.15, 0.2) is 16.6 Å². The van der Waals surface area contributed by atoms with E-state index in [2.05, 4.69) is 10.6 Å². The van der Waals surface area contributed by atoms with E-state index in [4.69, 9.17) is 26.4 Å². The van der Waals surface area contributed by atoms with E-state index < -0.39 is 5.97 Å². The summed E-state index contributed by atoms with van der Waals surface area (Å²) in [6.07, 6.45) is 0. The topological polar surface area (TPSA) is 68.8 Å². The lowest BCUT2D eigenvalue weighted by Gasteiger charge is -2.14. The van der Waals surface area contributed by atoms with Gasteiger partial charge in [0.2, 0.25) is 0 Å². The lowest BCUT2D eigenvalue weighted by Crippen LogP contribution is -2.34. The molecule has 2 N–H and O–H groups in total. The standard InChI is InChI=1S/C19H24N2O4S2/c1-6-25-18(22)16-13(10-27-17(16)21-19(26)20-11(2)3)12-7-8-14(23-4)15(9-12)24-5/h7-11H,6H2,1-5H3,(H2,20,21,26). The molecular formula is C19H24N2O4S2. The number of ether oxygens (including phenoxy) is 3. The fourth-order valence-corrected chi connectivity index (χ4v) is 3.84. The summed E-state index contributed by atoms with van der Waals surface area (Å²) in [4.78, 5) is 12.6. The maximum atomic E-state index is 12.6. The first kappa shape index (κ1) is 21.0. The highest BCUT2D eigenvalue weighted by Crippen LogP contribution is 2.39. The lowest BCUT2D eigenvalue weighted by atomic mass is 10.0. The van der Waals surface area contributed by atoms with Crippen molar-refractivity contribution in [2.24, 2.45) is 0 Å². The Labute approximate surface area is 168 Å². The van der Waals surface area contributed by atoms with Crippen molar-refractivity contribution in [3.05, 3.63) is 29.1 Å². The first-order valence-electron chi connectivity index (χ1n) is 8.49. The molecule has 6 nitrogen and oxygen atoms in total. The summed E-state index contributed by atoms with van der Waals surface area (Å²) in [7, 11) is 3.15. The highest BCUT2D eigenvalue weighted by Gasteiger charge is 2.23. The number of hydrogen-bond acceptors (Lipinski definition) is 6. The monoisotopic (exact) mass is 408 g/mol. The van der Waals surface area contributed by atoms with Crippen LogP contribution in [0.2, 0.25) is 0 Å². The average Bonchev–Trinajstić information content (AvgIpc) is 3.04. The van der Waals surface area contributed by atoms with Gasteiger partial charge in [-0.1, -0.05) is 6.07 Å². The van der Waals surface area contributed by atoms with Gasteiger partial charge in [0.25, 0.3) is 0 Å². The minimum atomic E-state index is -0.404. The van der Waals surface area contributed by atoms with E-state index in [0.717, 1.165) is 11.1 Å². The Bertz CT molecular complexity index is 818. The van der Waals surface area contributed by atoms with Crippen molar-refractivity contribution < 1.29 is 19.0 Å². The lowest BCUT2D eigenvalue weighted by molar-refractivity contribution is 0.0529. The summed E-state index contributed by atoms with van der Waals surface area (Å²) in [5.74, 6) is 0.802. The largest absolute Gasteiger partial charge is 0.493 e. The molecule has 0 fully saturated rings. The second-order valence-electron chi connectivity index (χ2n) is 5.90. The van der Waals surface area contributed by atoms with Crippen LogP contribution in [0.5, 0.6) is 11.5 Å². The van der Waals surface area contributed by atoms with Crippen LogP contribution in [0.3, 0.4) is 0 Å². The summed E-state index contributed by atoms with van der Waals surface area (Å²) in [6, 6.07) is 5.69. The van der Waals surface area contributed by atoms with E-state index >= 15 is 0 Å². The quantitative estimate of drug-likeness (QED) is 0.523. The number of benzene rings is 1. The molecule has 0 bridgehead atoms. The van der Waals surface area contributed by atoms with Crippen LogP contribution in [0.15, 0.2) is 23.6 Å². The van der Waals surface area contributed by atoms with E-state index in [1.54, 1.807) is 27.2 Å². The molecule has 0 amide bonds. The fraction of sp³-hybridized carbons (Fsp3) is 0.368. The zero-order valence-electron chi connectivity index (χ0n) is 16.0. The normalized spacial score (nSPS) is 10.4. The highest BCUT2D eigenvalue weighted by atomic mass is 32.1. The zero-order valence-corrected chi connectivity index (χ0v) is 17.7. The van der Waals surface area contributed by atoms with Crippen molar-refractivity contribution in [3.8, 4) is 22.6 Å². The molecule has 0 aliphatic rings. The third kappa shape index (κ3) is 5.11. The van der Waals surface area contributed by atoms with Gasteiger partial charge < -0.3 is 24.8 Å². The Morgan fingerprint density at radius 3 is 2.52 bits per heavy atom. The van der Waals surface area contributed by atoms with E-state index in [-0.39, 0.29) is 12.6 Å². The maximum absolute atomic E-state index is 12.6. The molecular weight excluding hydrogens is 384 g/mol. The Balaban J connectivity index is 2.47. The number of nitrogens with one attached hydrogen (secondary N) is 2. The molecule has 0 atom stereocenters.